The van der Waals surface area contributed by atoms with Gasteiger partial charge in [0.15, 0.2) is 0 Å². The normalized spacial score (nSPS) is 24.1. The summed E-state index contributed by atoms with van der Waals surface area (Å²) in [4.78, 5) is 0. The van der Waals surface area contributed by atoms with Crippen molar-refractivity contribution in [3.05, 3.63) is 29.6 Å². The van der Waals surface area contributed by atoms with E-state index < -0.39 is 0 Å². The molecule has 1 aliphatic rings. The second-order valence-corrected chi connectivity index (χ2v) is 4.73. The van der Waals surface area contributed by atoms with Gasteiger partial charge in [-0.1, -0.05) is 12.8 Å². The molecular formula is C14H17FN2. The van der Waals surface area contributed by atoms with Crippen LogP contribution >= 0.6 is 0 Å². The van der Waals surface area contributed by atoms with E-state index >= 15 is 0 Å². The zero-order valence-electron chi connectivity index (χ0n) is 10.0. The molecule has 3 heteroatoms. The maximum absolute atomic E-state index is 13.1. The Bertz CT molecular complexity index is 436. The molecule has 0 bridgehead atoms. The lowest BCUT2D eigenvalue weighted by Crippen LogP contribution is -2.31. The van der Waals surface area contributed by atoms with E-state index in [0.29, 0.717) is 5.56 Å². The van der Waals surface area contributed by atoms with E-state index in [0.717, 1.165) is 31.4 Å². The molecule has 0 spiro atoms. The van der Waals surface area contributed by atoms with Crippen molar-refractivity contribution in [2.45, 2.75) is 38.6 Å². The zero-order valence-corrected chi connectivity index (χ0v) is 10.0. The van der Waals surface area contributed by atoms with Crippen molar-refractivity contribution < 1.29 is 4.39 Å². The number of nitrogens with one attached hydrogen (secondary N) is 1. The highest BCUT2D eigenvalue weighted by molar-refractivity contribution is 5.47. The van der Waals surface area contributed by atoms with E-state index in [4.69, 9.17) is 5.26 Å². The summed E-state index contributed by atoms with van der Waals surface area (Å²) in [6.07, 6.45) is 4.29. The smallest absolute Gasteiger partial charge is 0.126 e. The van der Waals surface area contributed by atoms with Crippen LogP contribution < -0.4 is 5.32 Å². The Balaban J connectivity index is 2.09. The van der Waals surface area contributed by atoms with E-state index in [1.807, 2.05) is 0 Å². The van der Waals surface area contributed by atoms with Crippen LogP contribution in [-0.4, -0.2) is 6.04 Å². The lowest BCUT2D eigenvalue weighted by molar-refractivity contribution is 0.389. The van der Waals surface area contributed by atoms with Gasteiger partial charge in [-0.3, -0.25) is 0 Å². The maximum Gasteiger partial charge on any atom is 0.126 e. The van der Waals surface area contributed by atoms with Crippen molar-refractivity contribution in [1.82, 2.24) is 0 Å². The second-order valence-electron chi connectivity index (χ2n) is 4.73. The van der Waals surface area contributed by atoms with Gasteiger partial charge in [0, 0.05) is 11.7 Å². The van der Waals surface area contributed by atoms with Crippen molar-refractivity contribution in [1.29, 1.82) is 5.26 Å². The summed E-state index contributed by atoms with van der Waals surface area (Å²) in [6, 6.07) is 7.59. The van der Waals surface area contributed by atoms with Crippen molar-refractivity contribution in [2.24, 2.45) is 5.92 Å². The summed E-state index contributed by atoms with van der Waals surface area (Å²) in [7, 11) is 0. The molecule has 0 aromatic heterocycles. The largest absolute Gasteiger partial charge is 0.381 e. The molecule has 0 saturated heterocycles. The van der Waals surface area contributed by atoms with Crippen LogP contribution in [0.2, 0.25) is 0 Å². The number of anilines is 1. The van der Waals surface area contributed by atoms with Gasteiger partial charge >= 0.3 is 0 Å². The number of hydrogen-bond donors (Lipinski definition) is 1. The average Bonchev–Trinajstić information content (AvgIpc) is 2.34. The number of benzene rings is 1. The summed E-state index contributed by atoms with van der Waals surface area (Å²) in [5.41, 5.74) is 1.55. The van der Waals surface area contributed by atoms with Gasteiger partial charge in [-0.05, 0) is 43.5 Å². The Morgan fingerprint density at radius 3 is 2.82 bits per heavy atom. The SMILES string of the molecule is Cc1cc(NC2CCCCC2C#N)ccc1F. The van der Waals surface area contributed by atoms with Gasteiger partial charge in [0.05, 0.1) is 12.0 Å². The fourth-order valence-corrected chi connectivity index (χ4v) is 2.41. The van der Waals surface area contributed by atoms with Crippen LogP contribution in [0.25, 0.3) is 0 Å². The van der Waals surface area contributed by atoms with E-state index in [1.54, 1.807) is 19.1 Å². The van der Waals surface area contributed by atoms with Gasteiger partial charge < -0.3 is 5.32 Å². The quantitative estimate of drug-likeness (QED) is 0.845. The molecule has 1 fully saturated rings. The van der Waals surface area contributed by atoms with Crippen LogP contribution in [-0.2, 0) is 0 Å². The molecule has 1 aromatic carbocycles. The number of halogens is 1. The van der Waals surface area contributed by atoms with Crippen LogP contribution in [0.5, 0.6) is 0 Å². The third-order valence-electron chi connectivity index (χ3n) is 3.44. The summed E-state index contributed by atoms with van der Waals surface area (Å²) in [5.74, 6) is -0.106. The van der Waals surface area contributed by atoms with Crippen molar-refractivity contribution in [3.63, 3.8) is 0 Å². The van der Waals surface area contributed by atoms with E-state index in [-0.39, 0.29) is 17.8 Å². The molecule has 1 saturated carbocycles. The van der Waals surface area contributed by atoms with E-state index in [2.05, 4.69) is 11.4 Å². The number of nitrogens with zero attached hydrogens (tertiary/aromatic N) is 1. The van der Waals surface area contributed by atoms with Crippen LogP contribution in [0.4, 0.5) is 10.1 Å². The first-order chi connectivity index (χ1) is 8.20. The molecule has 0 heterocycles. The second kappa shape index (κ2) is 5.18. The Morgan fingerprint density at radius 1 is 1.35 bits per heavy atom. The number of aryl methyl sites for hydroxylation is 1. The minimum Gasteiger partial charge on any atom is -0.381 e. The predicted octanol–water partition coefficient (Wildman–Crippen LogP) is 3.63. The average molecular weight is 232 g/mol. The summed E-state index contributed by atoms with van der Waals surface area (Å²) in [5, 5.41) is 12.4. The molecule has 0 amide bonds. The fraction of sp³-hybridized carbons (Fsp3) is 0.500. The highest BCUT2D eigenvalue weighted by Gasteiger charge is 2.24. The van der Waals surface area contributed by atoms with Crippen LogP contribution in [0.3, 0.4) is 0 Å². The van der Waals surface area contributed by atoms with Gasteiger partial charge in [-0.25, -0.2) is 4.39 Å². The Morgan fingerprint density at radius 2 is 2.12 bits per heavy atom. The highest BCUT2D eigenvalue weighted by Crippen LogP contribution is 2.27. The Hall–Kier alpha value is -1.56. The molecule has 1 aromatic rings. The first-order valence-corrected chi connectivity index (χ1v) is 6.13. The molecule has 2 nitrogen and oxygen atoms in total. The number of hydrogen-bond acceptors (Lipinski definition) is 2. The summed E-state index contributed by atoms with van der Waals surface area (Å²) < 4.78 is 13.1. The van der Waals surface area contributed by atoms with Crippen LogP contribution in [0, 0.1) is 30.0 Å². The van der Waals surface area contributed by atoms with Gasteiger partial charge in [-0.2, -0.15) is 5.26 Å². The number of rotatable bonds is 2. The molecule has 1 N–H and O–H groups in total. The molecule has 0 aliphatic heterocycles. The summed E-state index contributed by atoms with van der Waals surface area (Å²) in [6.45, 7) is 1.75. The molecule has 2 atom stereocenters. The zero-order chi connectivity index (χ0) is 12.3. The maximum atomic E-state index is 13.1. The Labute approximate surface area is 101 Å². The standard InChI is InChI=1S/C14H17FN2/c1-10-8-12(6-7-13(10)15)17-14-5-3-2-4-11(14)9-16/h6-8,11,14,17H,2-5H2,1H3. The van der Waals surface area contributed by atoms with Crippen molar-refractivity contribution in [3.8, 4) is 6.07 Å². The minimum atomic E-state index is -0.184. The lowest BCUT2D eigenvalue weighted by Gasteiger charge is -2.28. The van der Waals surface area contributed by atoms with Crippen LogP contribution in [0.15, 0.2) is 18.2 Å². The third kappa shape index (κ3) is 2.76. The third-order valence-corrected chi connectivity index (χ3v) is 3.44. The van der Waals surface area contributed by atoms with Crippen molar-refractivity contribution >= 4 is 5.69 Å². The van der Waals surface area contributed by atoms with Gasteiger partial charge in [-0.15, -0.1) is 0 Å². The predicted molar refractivity (Wildman–Crippen MR) is 66.1 cm³/mol. The fourth-order valence-electron chi connectivity index (χ4n) is 2.41. The molecule has 90 valence electrons. The Kier molecular flexibility index (Phi) is 3.63. The molecule has 2 unspecified atom stereocenters. The van der Waals surface area contributed by atoms with Gasteiger partial charge in [0.2, 0.25) is 0 Å². The molecule has 0 radical (unpaired) electrons. The molecule has 2 rings (SSSR count). The van der Waals surface area contributed by atoms with E-state index in [9.17, 15) is 4.39 Å². The van der Waals surface area contributed by atoms with Gasteiger partial charge in [0.1, 0.15) is 5.82 Å². The molecular weight excluding hydrogens is 215 g/mol. The number of nitriles is 1. The monoisotopic (exact) mass is 232 g/mol. The first-order valence-electron chi connectivity index (χ1n) is 6.13. The topological polar surface area (TPSA) is 35.8 Å². The van der Waals surface area contributed by atoms with E-state index in [1.165, 1.54) is 6.07 Å². The minimum absolute atomic E-state index is 0.0779. The van der Waals surface area contributed by atoms with Gasteiger partial charge in [0.25, 0.3) is 0 Å². The first kappa shape index (κ1) is 11.9. The van der Waals surface area contributed by atoms with Crippen LogP contribution in [0.1, 0.15) is 31.2 Å². The lowest BCUT2D eigenvalue weighted by atomic mass is 9.85. The molecule has 1 aliphatic carbocycles. The highest BCUT2D eigenvalue weighted by atomic mass is 19.1. The van der Waals surface area contributed by atoms with Crippen molar-refractivity contribution in [2.75, 3.05) is 5.32 Å². The molecule has 17 heavy (non-hydrogen) atoms. The summed E-state index contributed by atoms with van der Waals surface area (Å²) >= 11 is 0.